The first-order valence-corrected chi connectivity index (χ1v) is 13.6. The number of aromatic nitrogens is 2. The van der Waals surface area contributed by atoms with Crippen LogP contribution in [0.3, 0.4) is 0 Å². The molecule has 0 unspecified atom stereocenters. The van der Waals surface area contributed by atoms with Crippen LogP contribution in [0.25, 0.3) is 0 Å². The highest BCUT2D eigenvalue weighted by Crippen LogP contribution is 2.29. The summed E-state index contributed by atoms with van der Waals surface area (Å²) in [6.07, 6.45) is 4.02. The van der Waals surface area contributed by atoms with E-state index in [9.17, 15) is 14.4 Å². The average molecular weight is 601 g/mol. The lowest BCUT2D eigenvalue weighted by Gasteiger charge is -2.38. The van der Waals surface area contributed by atoms with E-state index in [1.807, 2.05) is 26.0 Å². The number of likely N-dealkylation sites (N-methyl/N-ethyl adjacent to an activating group) is 1. The number of hydrogen-bond donors (Lipinski definition) is 3. The fraction of sp³-hybridized carbons (Fsp3) is 0.500. The van der Waals surface area contributed by atoms with Crippen LogP contribution in [0, 0.1) is 5.92 Å². The predicted octanol–water partition coefficient (Wildman–Crippen LogP) is 2.51. The molecule has 2 aromatic heterocycles. The molecule has 38 heavy (non-hydrogen) atoms. The van der Waals surface area contributed by atoms with Crippen molar-refractivity contribution in [1.29, 1.82) is 0 Å². The molecule has 3 heterocycles. The Bertz CT molecular complexity index is 1190. The van der Waals surface area contributed by atoms with Gasteiger partial charge in [-0.1, -0.05) is 23.8 Å². The molecule has 0 bridgehead atoms. The van der Waals surface area contributed by atoms with Crippen LogP contribution in [0.5, 0.6) is 0 Å². The molecule has 3 N–H and O–H groups in total. The van der Waals surface area contributed by atoms with Crippen molar-refractivity contribution in [1.82, 2.24) is 30.4 Å². The molecule has 1 fully saturated rings. The predicted molar refractivity (Wildman–Crippen MR) is 154 cm³/mol. The Morgan fingerprint density at radius 2 is 1.92 bits per heavy atom. The first-order chi connectivity index (χ1) is 17.6. The number of carbonyl (C=O) groups excluding carboxylic acids is 3. The lowest BCUT2D eigenvalue weighted by Crippen LogP contribution is -2.57. The second-order valence-electron chi connectivity index (χ2n) is 9.60. The van der Waals surface area contributed by atoms with E-state index >= 15 is 0 Å². The van der Waals surface area contributed by atoms with E-state index in [2.05, 4.69) is 30.8 Å². The first-order valence-electron chi connectivity index (χ1n) is 12.0. The van der Waals surface area contributed by atoms with E-state index in [0.717, 1.165) is 41.5 Å². The number of carbonyl (C=O) groups is 3. The minimum Gasteiger partial charge on any atom is -0.372 e. The van der Waals surface area contributed by atoms with Crippen molar-refractivity contribution in [2.24, 2.45) is 5.92 Å². The second-order valence-corrected chi connectivity index (χ2v) is 11.5. The molecule has 3 atom stereocenters. The third-order valence-corrected chi connectivity index (χ3v) is 8.57. The topological polar surface area (TPSA) is 120 Å². The van der Waals surface area contributed by atoms with Gasteiger partial charge in [-0.15, -0.1) is 23.7 Å². The third kappa shape index (κ3) is 7.38. The quantitative estimate of drug-likeness (QED) is 0.354. The van der Waals surface area contributed by atoms with Gasteiger partial charge < -0.3 is 25.8 Å². The number of nitrogens with zero attached hydrogens (tertiary/aromatic N) is 4. The summed E-state index contributed by atoms with van der Waals surface area (Å²) in [6, 6.07) is 2.22. The molecule has 1 saturated carbocycles. The molecule has 2 aliphatic rings. The minimum absolute atomic E-state index is 0. The van der Waals surface area contributed by atoms with Crippen molar-refractivity contribution >= 4 is 76.1 Å². The van der Waals surface area contributed by atoms with Crippen LogP contribution in [0.2, 0.25) is 5.02 Å². The summed E-state index contributed by atoms with van der Waals surface area (Å²) in [5.41, 5.74) is 0.973. The van der Waals surface area contributed by atoms with Crippen LogP contribution >= 0.6 is 47.6 Å². The largest absolute Gasteiger partial charge is 0.372 e. The van der Waals surface area contributed by atoms with Crippen molar-refractivity contribution in [2.75, 3.05) is 33.0 Å². The number of amides is 3. The zero-order chi connectivity index (χ0) is 26.7. The van der Waals surface area contributed by atoms with Gasteiger partial charge in [0, 0.05) is 56.6 Å². The molecule has 3 amide bonds. The van der Waals surface area contributed by atoms with E-state index in [1.165, 1.54) is 23.6 Å². The van der Waals surface area contributed by atoms with Crippen LogP contribution in [-0.2, 0) is 22.6 Å². The van der Waals surface area contributed by atoms with Crippen molar-refractivity contribution in [3.63, 3.8) is 0 Å². The highest BCUT2D eigenvalue weighted by Gasteiger charge is 2.36. The lowest BCUT2D eigenvalue weighted by atomic mass is 9.81. The summed E-state index contributed by atoms with van der Waals surface area (Å²) in [7, 11) is 5.84. The summed E-state index contributed by atoms with van der Waals surface area (Å²) in [5.74, 6) is -1.65. The second kappa shape index (κ2) is 13.1. The Morgan fingerprint density at radius 3 is 2.61 bits per heavy atom. The van der Waals surface area contributed by atoms with Gasteiger partial charge >= 0.3 is 11.8 Å². The normalized spacial score (nSPS) is 20.9. The number of pyridine rings is 1. The molecule has 1 aliphatic heterocycles. The molecule has 0 aromatic carbocycles. The Hall–Kier alpha value is -2.38. The first kappa shape index (κ1) is 30.2. The SMILES string of the molecule is CN1CCc2nc(C(=O)N[C@@H]3C[C@@H](C(=S)N(C)C)CC[C@@H]3NC(=O)C(=O)Nc3ccc(Cl)cn3)sc2C1.Cl. The molecule has 0 saturated heterocycles. The molecule has 2 aromatic rings. The van der Waals surface area contributed by atoms with E-state index in [1.54, 1.807) is 6.07 Å². The van der Waals surface area contributed by atoms with E-state index < -0.39 is 23.9 Å². The van der Waals surface area contributed by atoms with Crippen LogP contribution in [0.15, 0.2) is 18.3 Å². The molecule has 14 heteroatoms. The van der Waals surface area contributed by atoms with E-state index in [-0.39, 0.29) is 30.0 Å². The van der Waals surface area contributed by atoms with Gasteiger partial charge in [-0.05, 0) is 38.4 Å². The smallest absolute Gasteiger partial charge is 0.314 e. The van der Waals surface area contributed by atoms with Gasteiger partial charge in [-0.2, -0.15) is 0 Å². The van der Waals surface area contributed by atoms with Crippen molar-refractivity contribution in [3.05, 3.63) is 38.9 Å². The van der Waals surface area contributed by atoms with Crippen LogP contribution < -0.4 is 16.0 Å². The number of rotatable bonds is 5. The molecule has 0 spiro atoms. The average Bonchev–Trinajstić information content (AvgIpc) is 3.29. The molecular formula is C24H31Cl2N7O3S2. The maximum Gasteiger partial charge on any atom is 0.314 e. The standard InChI is InChI=1S/C24H30ClN7O3S2.ClH/c1-31(2)24(36)13-4-6-15(27-20(33)21(34)30-19-7-5-14(25)11-26-19)17(10-13)28-22(35)23-29-16-8-9-32(3)12-18(16)37-23;/h5,7,11,13,15,17H,4,6,8-10,12H2,1-3H3,(H,27,33)(H,28,35)(H,26,30,34);1H/t13-,15-,17+;/m0./s1. The van der Waals surface area contributed by atoms with Crippen LogP contribution in [0.1, 0.15) is 39.6 Å². The zero-order valence-corrected chi connectivity index (χ0v) is 24.5. The molecule has 4 rings (SSSR count). The Labute approximate surface area is 242 Å². The molecular weight excluding hydrogens is 569 g/mol. The van der Waals surface area contributed by atoms with Gasteiger partial charge in [-0.25, -0.2) is 9.97 Å². The zero-order valence-electron chi connectivity index (χ0n) is 21.3. The summed E-state index contributed by atoms with van der Waals surface area (Å²) in [4.78, 5) is 53.0. The minimum atomic E-state index is -0.845. The van der Waals surface area contributed by atoms with Gasteiger partial charge in [0.2, 0.25) is 0 Å². The number of fused-ring (bicyclic) bond motifs is 1. The van der Waals surface area contributed by atoms with Gasteiger partial charge in [0.05, 0.1) is 21.7 Å². The summed E-state index contributed by atoms with van der Waals surface area (Å²) in [6.45, 7) is 1.69. The Kier molecular flexibility index (Phi) is 10.4. The van der Waals surface area contributed by atoms with E-state index in [4.69, 9.17) is 23.8 Å². The highest BCUT2D eigenvalue weighted by molar-refractivity contribution is 7.80. The van der Waals surface area contributed by atoms with Gasteiger partial charge in [-0.3, -0.25) is 14.4 Å². The number of anilines is 1. The highest BCUT2D eigenvalue weighted by atomic mass is 35.5. The Balaban J connectivity index is 0.00000400. The molecule has 10 nitrogen and oxygen atoms in total. The number of nitrogens with one attached hydrogen (secondary N) is 3. The molecule has 1 aliphatic carbocycles. The molecule has 0 radical (unpaired) electrons. The monoisotopic (exact) mass is 599 g/mol. The van der Waals surface area contributed by atoms with Gasteiger partial charge in [0.15, 0.2) is 5.01 Å². The number of thiazole rings is 1. The summed E-state index contributed by atoms with van der Waals surface area (Å²) < 4.78 is 0. The van der Waals surface area contributed by atoms with Gasteiger partial charge in [0.1, 0.15) is 5.82 Å². The van der Waals surface area contributed by atoms with Crippen molar-refractivity contribution in [3.8, 4) is 0 Å². The molecule has 206 valence electrons. The third-order valence-electron chi connectivity index (χ3n) is 6.56. The summed E-state index contributed by atoms with van der Waals surface area (Å²) >= 11 is 12.8. The number of thiocarbonyl (C=S) groups is 1. The lowest BCUT2D eigenvalue weighted by molar-refractivity contribution is -0.136. The van der Waals surface area contributed by atoms with Crippen LogP contribution in [0.4, 0.5) is 5.82 Å². The van der Waals surface area contributed by atoms with Gasteiger partial charge in [0.25, 0.3) is 5.91 Å². The fourth-order valence-electron chi connectivity index (χ4n) is 4.60. The fourth-order valence-corrected chi connectivity index (χ4v) is 6.02. The summed E-state index contributed by atoms with van der Waals surface area (Å²) in [5, 5.41) is 9.17. The van der Waals surface area contributed by atoms with Crippen LogP contribution in [-0.4, -0.2) is 82.2 Å². The van der Waals surface area contributed by atoms with Crippen molar-refractivity contribution in [2.45, 2.75) is 44.3 Å². The number of hydrogen-bond acceptors (Lipinski definition) is 8. The maximum absolute atomic E-state index is 13.2. The van der Waals surface area contributed by atoms with E-state index in [0.29, 0.717) is 22.9 Å². The number of halogens is 2. The maximum atomic E-state index is 13.2. The Morgan fingerprint density at radius 1 is 1.16 bits per heavy atom. The van der Waals surface area contributed by atoms with Crippen molar-refractivity contribution < 1.29 is 14.4 Å².